The van der Waals surface area contributed by atoms with Gasteiger partial charge in [0.15, 0.2) is 0 Å². The molecule has 5 heteroatoms. The summed E-state index contributed by atoms with van der Waals surface area (Å²) in [5.74, 6) is 0. The molecule has 4 nitrogen and oxygen atoms in total. The summed E-state index contributed by atoms with van der Waals surface area (Å²) in [6.07, 6.45) is 5.09. The molecule has 1 unspecified atom stereocenters. The fourth-order valence-corrected chi connectivity index (χ4v) is 1.82. The Morgan fingerprint density at radius 2 is 2.36 bits per heavy atom. The van der Waals surface area contributed by atoms with E-state index in [0.717, 1.165) is 0 Å². The molecule has 0 amide bonds. The maximum absolute atomic E-state index is 10.6. The Balaban J connectivity index is 2.83. The molecule has 1 aliphatic rings. The molecular weight excluding hydrogens is 207 g/mol. The fraction of sp³-hybridized carbons (Fsp3) is 0.167. The van der Waals surface area contributed by atoms with Gasteiger partial charge < -0.3 is 0 Å². The molecule has 0 heterocycles. The van der Waals surface area contributed by atoms with Gasteiger partial charge in [0.2, 0.25) is 0 Å². The molecule has 1 rings (SSSR count). The first-order chi connectivity index (χ1) is 5.24. The number of hydrogen-bond donors (Lipinski definition) is 1. The predicted molar refractivity (Wildman–Crippen MR) is 40.5 cm³/mol. The molecule has 0 bridgehead atoms. The minimum atomic E-state index is -3.15. The third-order valence-corrected chi connectivity index (χ3v) is 3.18. The number of rotatable bonds is 1. The van der Waals surface area contributed by atoms with Crippen LogP contribution in [0.25, 0.3) is 5.53 Å². The van der Waals surface area contributed by atoms with Crippen molar-refractivity contribution in [3.05, 3.63) is 28.1 Å². The van der Waals surface area contributed by atoms with Gasteiger partial charge in [0.1, 0.15) is 0 Å². The van der Waals surface area contributed by atoms with Crippen molar-refractivity contribution in [3.8, 4) is 0 Å². The van der Waals surface area contributed by atoms with Gasteiger partial charge in [-0.2, -0.15) is 0 Å². The molecular formula is C6H7AsN2O2. The minimum absolute atomic E-state index is 0.432. The molecule has 1 aliphatic carbocycles. The molecule has 58 valence electrons. The van der Waals surface area contributed by atoms with E-state index in [2.05, 4.69) is 4.79 Å². The van der Waals surface area contributed by atoms with E-state index in [-0.39, 0.29) is 0 Å². The molecule has 0 spiro atoms. The first kappa shape index (κ1) is 8.28. The normalized spacial score (nSPS) is 19.0. The molecule has 0 aliphatic heterocycles. The molecule has 0 saturated carbocycles. The Bertz CT molecular complexity index is 300. The Kier molecular flexibility index (Phi) is 2.66. The summed E-state index contributed by atoms with van der Waals surface area (Å²) in [6, 6.07) is 0. The maximum atomic E-state index is 10.6. The summed E-state index contributed by atoms with van der Waals surface area (Å²) in [7, 11) is 0. The van der Waals surface area contributed by atoms with Gasteiger partial charge in [0, 0.05) is 0 Å². The van der Waals surface area contributed by atoms with E-state index in [9.17, 15) is 3.74 Å². The van der Waals surface area contributed by atoms with E-state index in [0.29, 0.717) is 16.5 Å². The van der Waals surface area contributed by atoms with E-state index >= 15 is 0 Å². The first-order valence-electron chi connectivity index (χ1n) is 3.06. The Morgan fingerprint density at radius 1 is 1.64 bits per heavy atom. The first-order valence-corrected chi connectivity index (χ1v) is 5.91. The molecule has 0 fully saturated rings. The van der Waals surface area contributed by atoms with Crippen molar-refractivity contribution in [1.29, 1.82) is 0 Å². The summed E-state index contributed by atoms with van der Waals surface area (Å²) in [6.45, 7) is 0. The fourth-order valence-electron chi connectivity index (χ4n) is 0.769. The van der Waals surface area contributed by atoms with Crippen LogP contribution in [0.2, 0.25) is 0 Å². The van der Waals surface area contributed by atoms with Gasteiger partial charge in [0.25, 0.3) is 0 Å². The quantitative estimate of drug-likeness (QED) is 0.370. The number of allylic oxidation sites excluding steroid dienone is 4. The second-order valence-electron chi connectivity index (χ2n) is 2.09. The summed E-state index contributed by atoms with van der Waals surface area (Å²) >= 11 is -3.15. The van der Waals surface area contributed by atoms with Gasteiger partial charge >= 0.3 is 67.8 Å². The van der Waals surface area contributed by atoms with Crippen LogP contribution in [0.5, 0.6) is 0 Å². The van der Waals surface area contributed by atoms with Gasteiger partial charge in [-0.1, -0.05) is 0 Å². The van der Waals surface area contributed by atoms with Crippen LogP contribution in [0.1, 0.15) is 6.42 Å². The molecule has 0 saturated heterocycles. The average Bonchev–Trinajstić information content (AvgIpc) is 2.05. The number of hydrogen-bond acceptors (Lipinski definition) is 1. The predicted octanol–water partition coefficient (Wildman–Crippen LogP) is -0.274. The molecule has 0 aromatic carbocycles. The van der Waals surface area contributed by atoms with Gasteiger partial charge in [-0.3, -0.25) is 0 Å². The second-order valence-corrected chi connectivity index (χ2v) is 4.59. The second kappa shape index (κ2) is 3.53. The van der Waals surface area contributed by atoms with E-state index < -0.39 is 14.9 Å². The van der Waals surface area contributed by atoms with Crippen molar-refractivity contribution in [2.45, 2.75) is 6.42 Å². The van der Waals surface area contributed by atoms with E-state index in [1.54, 1.807) is 6.08 Å². The van der Waals surface area contributed by atoms with Gasteiger partial charge in [-0.15, -0.1) is 0 Å². The Hall–Kier alpha value is -0.822. The van der Waals surface area contributed by atoms with Crippen LogP contribution >= 0.6 is 0 Å². The van der Waals surface area contributed by atoms with Crippen LogP contribution in [-0.4, -0.2) is 29.5 Å². The van der Waals surface area contributed by atoms with Gasteiger partial charge in [-0.05, 0) is 0 Å². The third kappa shape index (κ3) is 2.05. The standard InChI is InChI=1S/C6H7AsN2O2/c8-9-6-3-1-5(2-4-6)7(10)11/h1-3,7H,4H2,(H,10,11). The summed E-state index contributed by atoms with van der Waals surface area (Å²) in [5, 5.41) is 0. The molecule has 1 N–H and O–H groups in total. The van der Waals surface area contributed by atoms with Crippen molar-refractivity contribution in [2.75, 3.05) is 0 Å². The van der Waals surface area contributed by atoms with Crippen LogP contribution in [0.4, 0.5) is 0 Å². The van der Waals surface area contributed by atoms with Crippen LogP contribution in [0.15, 0.2) is 22.6 Å². The van der Waals surface area contributed by atoms with Crippen molar-refractivity contribution in [2.24, 2.45) is 0 Å². The van der Waals surface area contributed by atoms with Crippen molar-refractivity contribution in [3.63, 3.8) is 0 Å². The average molecular weight is 214 g/mol. The third-order valence-electron chi connectivity index (χ3n) is 1.36. The monoisotopic (exact) mass is 214 g/mol. The SMILES string of the molecule is [N-]=[N+]=C1C=CC([AsH](=O)O)=CC1. The van der Waals surface area contributed by atoms with Gasteiger partial charge in [0.05, 0.1) is 0 Å². The van der Waals surface area contributed by atoms with Crippen molar-refractivity contribution < 1.29 is 12.6 Å². The van der Waals surface area contributed by atoms with Gasteiger partial charge in [-0.25, -0.2) is 0 Å². The molecule has 0 aromatic heterocycles. The molecule has 1 atom stereocenters. The van der Waals surface area contributed by atoms with Crippen LogP contribution in [0.3, 0.4) is 0 Å². The van der Waals surface area contributed by atoms with Crippen LogP contribution < -0.4 is 0 Å². The van der Waals surface area contributed by atoms with Crippen molar-refractivity contribution >= 4 is 20.6 Å². The molecule has 0 radical (unpaired) electrons. The zero-order valence-electron chi connectivity index (χ0n) is 5.69. The van der Waals surface area contributed by atoms with E-state index in [4.69, 9.17) is 9.63 Å². The van der Waals surface area contributed by atoms with Crippen molar-refractivity contribution in [1.82, 2.24) is 0 Å². The van der Waals surface area contributed by atoms with E-state index in [1.165, 1.54) is 12.2 Å². The number of nitrogens with zero attached hydrogens (tertiary/aromatic N) is 2. The summed E-state index contributed by atoms with van der Waals surface area (Å²) in [4.78, 5) is 2.96. The summed E-state index contributed by atoms with van der Waals surface area (Å²) in [5.41, 5.74) is 8.80. The zero-order chi connectivity index (χ0) is 8.27. The molecule has 11 heavy (non-hydrogen) atoms. The van der Waals surface area contributed by atoms with E-state index in [1.807, 2.05) is 0 Å². The van der Waals surface area contributed by atoms with Crippen LogP contribution in [0, 0.1) is 0 Å². The topological polar surface area (TPSA) is 73.7 Å². The Labute approximate surface area is 68.3 Å². The summed E-state index contributed by atoms with van der Waals surface area (Å²) < 4.78 is 19.8. The molecule has 0 aromatic rings. The zero-order valence-corrected chi connectivity index (χ0v) is 7.79. The Morgan fingerprint density at radius 3 is 2.73 bits per heavy atom. The van der Waals surface area contributed by atoms with Crippen LogP contribution in [-0.2, 0) is 3.74 Å².